The maximum absolute atomic E-state index is 8.91. The molecule has 0 saturated heterocycles. The van der Waals surface area contributed by atoms with Crippen LogP contribution in [-0.4, -0.2) is 6.54 Å². The molecule has 1 unspecified atom stereocenters. The fourth-order valence-electron chi connectivity index (χ4n) is 2.46. The summed E-state index contributed by atoms with van der Waals surface area (Å²) in [6, 6.07) is 12.7. The van der Waals surface area contributed by atoms with Gasteiger partial charge in [0.05, 0.1) is 12.5 Å². The molecule has 0 radical (unpaired) electrons. The SMILES string of the molecule is N#CCC(NCCC1=CCCC1)c1ccccc1. The van der Waals surface area contributed by atoms with Crippen LogP contribution in [0.4, 0.5) is 0 Å². The third-order valence-electron chi connectivity index (χ3n) is 3.47. The first-order valence-electron chi connectivity index (χ1n) is 6.73. The highest BCUT2D eigenvalue weighted by Gasteiger charge is 2.10. The maximum atomic E-state index is 8.91. The van der Waals surface area contributed by atoms with Crippen molar-refractivity contribution in [2.45, 2.75) is 38.1 Å². The van der Waals surface area contributed by atoms with E-state index in [-0.39, 0.29) is 6.04 Å². The van der Waals surface area contributed by atoms with E-state index in [1.54, 1.807) is 5.57 Å². The lowest BCUT2D eigenvalue weighted by atomic mass is 10.0. The van der Waals surface area contributed by atoms with Gasteiger partial charge in [-0.2, -0.15) is 5.26 Å². The first-order valence-corrected chi connectivity index (χ1v) is 6.73. The molecule has 0 bridgehead atoms. The normalized spacial score (nSPS) is 16.1. The lowest BCUT2D eigenvalue weighted by Crippen LogP contribution is -2.22. The van der Waals surface area contributed by atoms with Crippen molar-refractivity contribution in [1.82, 2.24) is 5.32 Å². The first kappa shape index (κ1) is 12.9. The van der Waals surface area contributed by atoms with Gasteiger partial charge in [-0.3, -0.25) is 0 Å². The Bertz CT molecular complexity index is 428. The molecule has 0 fully saturated rings. The molecular formula is C16H20N2. The summed E-state index contributed by atoms with van der Waals surface area (Å²) in [6.07, 6.45) is 7.84. The van der Waals surface area contributed by atoms with E-state index in [0.29, 0.717) is 6.42 Å². The van der Waals surface area contributed by atoms with Gasteiger partial charge in [-0.25, -0.2) is 0 Å². The zero-order valence-electron chi connectivity index (χ0n) is 10.7. The molecular weight excluding hydrogens is 220 g/mol. The summed E-state index contributed by atoms with van der Waals surface area (Å²) in [4.78, 5) is 0. The smallest absolute Gasteiger partial charge is 0.0641 e. The Kier molecular flexibility index (Phi) is 4.99. The van der Waals surface area contributed by atoms with Gasteiger partial charge >= 0.3 is 0 Å². The lowest BCUT2D eigenvalue weighted by molar-refractivity contribution is 0.543. The molecule has 2 heteroatoms. The summed E-state index contributed by atoms with van der Waals surface area (Å²) in [5.74, 6) is 0. The minimum atomic E-state index is 0.165. The third-order valence-corrected chi connectivity index (χ3v) is 3.47. The van der Waals surface area contributed by atoms with Crippen LogP contribution in [-0.2, 0) is 0 Å². The Morgan fingerprint density at radius 1 is 1.28 bits per heavy atom. The number of hydrogen-bond donors (Lipinski definition) is 1. The molecule has 1 aromatic carbocycles. The zero-order chi connectivity index (χ0) is 12.6. The van der Waals surface area contributed by atoms with Crippen LogP contribution in [0.1, 0.15) is 43.7 Å². The van der Waals surface area contributed by atoms with Crippen LogP contribution < -0.4 is 5.32 Å². The Balaban J connectivity index is 1.85. The Morgan fingerprint density at radius 2 is 2.11 bits per heavy atom. The highest BCUT2D eigenvalue weighted by Crippen LogP contribution is 2.21. The van der Waals surface area contributed by atoms with Crippen LogP contribution >= 0.6 is 0 Å². The topological polar surface area (TPSA) is 35.8 Å². The van der Waals surface area contributed by atoms with Crippen LogP contribution in [0.15, 0.2) is 42.0 Å². The van der Waals surface area contributed by atoms with Crippen molar-refractivity contribution >= 4 is 0 Å². The van der Waals surface area contributed by atoms with Crippen molar-refractivity contribution in [3.8, 4) is 6.07 Å². The highest BCUT2D eigenvalue weighted by molar-refractivity contribution is 5.20. The van der Waals surface area contributed by atoms with Crippen LogP contribution in [0.3, 0.4) is 0 Å². The lowest BCUT2D eigenvalue weighted by Gasteiger charge is -2.16. The molecule has 0 aromatic heterocycles. The van der Waals surface area contributed by atoms with Crippen molar-refractivity contribution in [1.29, 1.82) is 5.26 Å². The van der Waals surface area contributed by atoms with Crippen molar-refractivity contribution in [3.63, 3.8) is 0 Å². The fourth-order valence-corrected chi connectivity index (χ4v) is 2.46. The molecule has 0 heterocycles. The molecule has 0 spiro atoms. The molecule has 1 N–H and O–H groups in total. The third kappa shape index (κ3) is 3.72. The quantitative estimate of drug-likeness (QED) is 0.769. The summed E-state index contributed by atoms with van der Waals surface area (Å²) in [5.41, 5.74) is 2.78. The average molecular weight is 240 g/mol. The summed E-state index contributed by atoms with van der Waals surface area (Å²) in [6.45, 7) is 0.965. The zero-order valence-corrected chi connectivity index (χ0v) is 10.7. The van der Waals surface area contributed by atoms with Crippen LogP contribution in [0.2, 0.25) is 0 Å². The van der Waals surface area contributed by atoms with Gasteiger partial charge in [-0.1, -0.05) is 42.0 Å². The molecule has 1 atom stereocenters. The first-order chi connectivity index (χ1) is 8.90. The van der Waals surface area contributed by atoms with Gasteiger partial charge in [0.2, 0.25) is 0 Å². The predicted octanol–water partition coefficient (Wildman–Crippen LogP) is 3.73. The van der Waals surface area contributed by atoms with Gasteiger partial charge in [0.1, 0.15) is 0 Å². The van der Waals surface area contributed by atoms with Gasteiger partial charge in [0.25, 0.3) is 0 Å². The monoisotopic (exact) mass is 240 g/mol. The van der Waals surface area contributed by atoms with Crippen molar-refractivity contribution in [2.24, 2.45) is 0 Å². The molecule has 94 valence electrons. The van der Waals surface area contributed by atoms with E-state index in [9.17, 15) is 0 Å². The number of rotatable bonds is 6. The van der Waals surface area contributed by atoms with E-state index >= 15 is 0 Å². The van der Waals surface area contributed by atoms with Crippen molar-refractivity contribution in [3.05, 3.63) is 47.5 Å². The Hall–Kier alpha value is -1.59. The summed E-state index contributed by atoms with van der Waals surface area (Å²) < 4.78 is 0. The largest absolute Gasteiger partial charge is 0.309 e. The highest BCUT2D eigenvalue weighted by atomic mass is 14.9. The van der Waals surface area contributed by atoms with Crippen molar-refractivity contribution in [2.75, 3.05) is 6.54 Å². The molecule has 18 heavy (non-hydrogen) atoms. The molecule has 0 amide bonds. The van der Waals surface area contributed by atoms with Crippen LogP contribution in [0.25, 0.3) is 0 Å². The molecule has 1 aromatic rings. The Morgan fingerprint density at radius 3 is 2.78 bits per heavy atom. The molecule has 0 aliphatic heterocycles. The minimum absolute atomic E-state index is 0.165. The number of nitrogens with one attached hydrogen (secondary N) is 1. The summed E-state index contributed by atoms with van der Waals surface area (Å²) in [7, 11) is 0. The van der Waals surface area contributed by atoms with Gasteiger partial charge in [-0.15, -0.1) is 0 Å². The second kappa shape index (κ2) is 6.98. The Labute approximate surface area is 109 Å². The predicted molar refractivity (Wildman–Crippen MR) is 74.0 cm³/mol. The van der Waals surface area contributed by atoms with E-state index in [2.05, 4.69) is 29.6 Å². The maximum Gasteiger partial charge on any atom is 0.0641 e. The molecule has 2 rings (SSSR count). The summed E-state index contributed by atoms with van der Waals surface area (Å²) >= 11 is 0. The van der Waals surface area contributed by atoms with Gasteiger partial charge in [0, 0.05) is 6.04 Å². The minimum Gasteiger partial charge on any atom is -0.309 e. The number of nitrogens with zero attached hydrogens (tertiary/aromatic N) is 1. The summed E-state index contributed by atoms with van der Waals surface area (Å²) in [5, 5.41) is 12.4. The second-order valence-electron chi connectivity index (χ2n) is 4.78. The molecule has 0 saturated carbocycles. The molecule has 2 nitrogen and oxygen atoms in total. The van der Waals surface area contributed by atoms with E-state index in [4.69, 9.17) is 5.26 Å². The van der Waals surface area contributed by atoms with Crippen LogP contribution in [0, 0.1) is 11.3 Å². The number of benzene rings is 1. The number of nitriles is 1. The van der Waals surface area contributed by atoms with E-state index in [1.807, 2.05) is 18.2 Å². The van der Waals surface area contributed by atoms with E-state index in [1.165, 1.54) is 24.8 Å². The number of allylic oxidation sites excluding steroid dienone is 1. The van der Waals surface area contributed by atoms with Gasteiger partial charge < -0.3 is 5.32 Å². The van der Waals surface area contributed by atoms with Gasteiger partial charge in [-0.05, 0) is 37.8 Å². The number of hydrogen-bond acceptors (Lipinski definition) is 2. The van der Waals surface area contributed by atoms with Crippen LogP contribution in [0.5, 0.6) is 0 Å². The molecule has 1 aliphatic rings. The van der Waals surface area contributed by atoms with E-state index < -0.39 is 0 Å². The van der Waals surface area contributed by atoms with Gasteiger partial charge in [0.15, 0.2) is 0 Å². The second-order valence-corrected chi connectivity index (χ2v) is 4.78. The fraction of sp³-hybridized carbons (Fsp3) is 0.438. The molecule has 1 aliphatic carbocycles. The van der Waals surface area contributed by atoms with E-state index in [0.717, 1.165) is 13.0 Å². The average Bonchev–Trinajstić information content (AvgIpc) is 2.92. The standard InChI is InChI=1S/C16H20N2/c17-12-10-16(15-8-2-1-3-9-15)18-13-11-14-6-4-5-7-14/h1-3,6,8-9,16,18H,4-5,7,10-11,13H2. The van der Waals surface area contributed by atoms with Crippen molar-refractivity contribution < 1.29 is 0 Å².